The van der Waals surface area contributed by atoms with E-state index in [-0.39, 0.29) is 4.91 Å². The van der Waals surface area contributed by atoms with E-state index in [9.17, 15) is 18.8 Å². The molecule has 0 aromatic heterocycles. The monoisotopic (exact) mass is 434 g/mol. The lowest BCUT2D eigenvalue weighted by atomic mass is 10.2. The van der Waals surface area contributed by atoms with Gasteiger partial charge in [0.25, 0.3) is 11.1 Å². The summed E-state index contributed by atoms with van der Waals surface area (Å²) < 4.78 is 18.3. The summed E-state index contributed by atoms with van der Waals surface area (Å²) in [6.45, 7) is 1.87. The minimum absolute atomic E-state index is 0.185. The second kappa shape index (κ2) is 9.11. The first kappa shape index (κ1) is 20.9. The second-order valence-electron chi connectivity index (χ2n) is 5.95. The molecule has 1 N–H and O–H groups in total. The largest absolute Gasteiger partial charge is 0.492 e. The molecule has 0 radical (unpaired) electrons. The maximum Gasteiger partial charge on any atom is 0.294 e. The van der Waals surface area contributed by atoms with Crippen LogP contribution in [0.5, 0.6) is 5.75 Å². The molecule has 0 atom stereocenters. The summed E-state index contributed by atoms with van der Waals surface area (Å²) in [4.78, 5) is 37.9. The number of nitrogens with one attached hydrogen (secondary N) is 1. The van der Waals surface area contributed by atoms with Gasteiger partial charge in [-0.15, -0.1) is 0 Å². The number of amides is 3. The second-order valence-corrected chi connectivity index (χ2v) is 7.35. The van der Waals surface area contributed by atoms with E-state index in [0.29, 0.717) is 28.6 Å². The summed E-state index contributed by atoms with van der Waals surface area (Å²) in [5.41, 5.74) is 0.989. The van der Waals surface area contributed by atoms with Crippen molar-refractivity contribution in [2.45, 2.75) is 6.92 Å². The van der Waals surface area contributed by atoms with Crippen LogP contribution in [0.1, 0.15) is 12.5 Å². The van der Waals surface area contributed by atoms with Gasteiger partial charge in [0.05, 0.1) is 16.5 Å². The normalized spacial score (nSPS) is 15.1. The SMILES string of the molecule is CCOc1ccc(/C=C2\SC(=O)N(CC(=O)Nc3ccc(F)cc3)C2=O)cc1Cl. The highest BCUT2D eigenvalue weighted by molar-refractivity contribution is 8.18. The van der Waals surface area contributed by atoms with Crippen LogP contribution < -0.4 is 10.1 Å². The van der Waals surface area contributed by atoms with E-state index in [1.807, 2.05) is 6.92 Å². The number of imide groups is 1. The van der Waals surface area contributed by atoms with E-state index in [2.05, 4.69) is 5.32 Å². The molecule has 3 rings (SSSR count). The molecule has 2 aromatic rings. The summed E-state index contributed by atoms with van der Waals surface area (Å²) in [6.07, 6.45) is 1.53. The average Bonchev–Trinajstić information content (AvgIpc) is 2.93. The number of benzene rings is 2. The predicted octanol–water partition coefficient (Wildman–Crippen LogP) is 4.55. The minimum Gasteiger partial charge on any atom is -0.492 e. The molecule has 1 aliphatic rings. The number of carbonyl (C=O) groups excluding carboxylic acids is 3. The highest BCUT2D eigenvalue weighted by Gasteiger charge is 2.36. The zero-order chi connectivity index (χ0) is 21.0. The Morgan fingerprint density at radius 2 is 1.97 bits per heavy atom. The van der Waals surface area contributed by atoms with Crippen molar-refractivity contribution in [1.82, 2.24) is 4.90 Å². The van der Waals surface area contributed by atoms with Gasteiger partial charge in [0.2, 0.25) is 5.91 Å². The van der Waals surface area contributed by atoms with Gasteiger partial charge in [0.1, 0.15) is 18.1 Å². The zero-order valence-electron chi connectivity index (χ0n) is 15.3. The van der Waals surface area contributed by atoms with E-state index < -0.39 is 29.4 Å². The van der Waals surface area contributed by atoms with Crippen molar-refractivity contribution in [3.63, 3.8) is 0 Å². The summed E-state index contributed by atoms with van der Waals surface area (Å²) in [5, 5.41) is 2.35. The van der Waals surface area contributed by atoms with Crippen molar-refractivity contribution in [3.05, 3.63) is 63.8 Å². The van der Waals surface area contributed by atoms with Crippen LogP contribution in [0, 0.1) is 5.82 Å². The van der Waals surface area contributed by atoms with Gasteiger partial charge < -0.3 is 10.1 Å². The lowest BCUT2D eigenvalue weighted by Gasteiger charge is -2.12. The van der Waals surface area contributed by atoms with Gasteiger partial charge in [-0.25, -0.2) is 4.39 Å². The molecule has 0 spiro atoms. The average molecular weight is 435 g/mol. The van der Waals surface area contributed by atoms with Crippen LogP contribution in [0.3, 0.4) is 0 Å². The Labute approximate surface area is 175 Å². The van der Waals surface area contributed by atoms with E-state index >= 15 is 0 Å². The fourth-order valence-corrected chi connectivity index (χ4v) is 3.63. The van der Waals surface area contributed by atoms with Crippen molar-refractivity contribution in [3.8, 4) is 5.75 Å². The van der Waals surface area contributed by atoms with Gasteiger partial charge >= 0.3 is 0 Å². The molecule has 1 saturated heterocycles. The van der Waals surface area contributed by atoms with Gasteiger partial charge in [-0.2, -0.15) is 0 Å². The Hall–Kier alpha value is -2.84. The van der Waals surface area contributed by atoms with Crippen molar-refractivity contribution in [2.75, 3.05) is 18.5 Å². The number of rotatable bonds is 6. The Morgan fingerprint density at radius 3 is 2.62 bits per heavy atom. The Kier molecular flexibility index (Phi) is 6.56. The van der Waals surface area contributed by atoms with Crippen LogP contribution in [0.2, 0.25) is 5.02 Å². The van der Waals surface area contributed by atoms with Crippen LogP contribution in [-0.4, -0.2) is 35.1 Å². The van der Waals surface area contributed by atoms with Crippen molar-refractivity contribution in [1.29, 1.82) is 0 Å². The minimum atomic E-state index is -0.570. The molecule has 3 amide bonds. The van der Waals surface area contributed by atoms with Crippen LogP contribution in [0.25, 0.3) is 6.08 Å². The molecule has 2 aromatic carbocycles. The maximum atomic E-state index is 12.9. The fourth-order valence-electron chi connectivity index (χ4n) is 2.54. The molecule has 150 valence electrons. The number of ether oxygens (including phenoxy) is 1. The third-order valence-corrected chi connectivity index (χ3v) is 5.06. The molecule has 6 nitrogen and oxygen atoms in total. The smallest absolute Gasteiger partial charge is 0.294 e. The molecule has 0 bridgehead atoms. The lowest BCUT2D eigenvalue weighted by molar-refractivity contribution is -0.127. The molecular weight excluding hydrogens is 419 g/mol. The topological polar surface area (TPSA) is 75.7 Å². The van der Waals surface area contributed by atoms with E-state index in [1.54, 1.807) is 18.2 Å². The molecule has 1 fully saturated rings. The molecule has 0 aliphatic carbocycles. The first-order chi connectivity index (χ1) is 13.9. The molecule has 0 unspecified atom stereocenters. The van der Waals surface area contributed by atoms with Gasteiger partial charge in [-0.3, -0.25) is 19.3 Å². The lowest BCUT2D eigenvalue weighted by Crippen LogP contribution is -2.36. The van der Waals surface area contributed by atoms with Crippen LogP contribution >= 0.6 is 23.4 Å². The van der Waals surface area contributed by atoms with Crippen molar-refractivity contribution in [2.24, 2.45) is 0 Å². The molecule has 29 heavy (non-hydrogen) atoms. The Balaban J connectivity index is 1.69. The van der Waals surface area contributed by atoms with Gasteiger partial charge in [0, 0.05) is 5.69 Å². The first-order valence-electron chi connectivity index (χ1n) is 8.60. The van der Waals surface area contributed by atoms with Gasteiger partial charge in [0.15, 0.2) is 0 Å². The summed E-state index contributed by atoms with van der Waals surface area (Å²) >= 11 is 6.89. The van der Waals surface area contributed by atoms with E-state index in [0.717, 1.165) is 16.7 Å². The number of nitrogens with zero attached hydrogens (tertiary/aromatic N) is 1. The van der Waals surface area contributed by atoms with Crippen molar-refractivity contribution >= 4 is 52.2 Å². The van der Waals surface area contributed by atoms with Crippen LogP contribution in [-0.2, 0) is 9.59 Å². The molecule has 1 heterocycles. The summed E-state index contributed by atoms with van der Waals surface area (Å²) in [6, 6.07) is 10.2. The third kappa shape index (κ3) is 5.16. The van der Waals surface area contributed by atoms with Crippen LogP contribution in [0.4, 0.5) is 14.9 Å². The number of hydrogen-bond donors (Lipinski definition) is 1. The van der Waals surface area contributed by atoms with Gasteiger partial charge in [-0.1, -0.05) is 17.7 Å². The standard InChI is InChI=1S/C20H16ClFN2O4S/c1-2-28-16-8-3-12(9-15(16)21)10-17-19(26)24(20(27)29-17)11-18(25)23-14-6-4-13(22)5-7-14/h3-10H,2,11H2,1H3,(H,23,25)/b17-10-. The fraction of sp³-hybridized carbons (Fsp3) is 0.150. The first-order valence-corrected chi connectivity index (χ1v) is 9.80. The number of carbonyl (C=O) groups is 3. The quantitative estimate of drug-likeness (QED) is 0.675. The number of hydrogen-bond acceptors (Lipinski definition) is 5. The van der Waals surface area contributed by atoms with Gasteiger partial charge in [-0.05, 0) is 66.7 Å². The molecule has 9 heteroatoms. The molecule has 0 saturated carbocycles. The highest BCUT2D eigenvalue weighted by Crippen LogP contribution is 2.33. The zero-order valence-corrected chi connectivity index (χ0v) is 16.8. The molecular formula is C20H16ClFN2O4S. The van der Waals surface area contributed by atoms with Crippen molar-refractivity contribution < 1.29 is 23.5 Å². The summed E-state index contributed by atoms with van der Waals surface area (Å²) in [5.74, 6) is -1.05. The summed E-state index contributed by atoms with van der Waals surface area (Å²) in [7, 11) is 0. The molecule has 1 aliphatic heterocycles. The number of thioether (sulfide) groups is 1. The van der Waals surface area contributed by atoms with Crippen LogP contribution in [0.15, 0.2) is 47.4 Å². The maximum absolute atomic E-state index is 12.9. The number of anilines is 1. The predicted molar refractivity (Wildman–Crippen MR) is 110 cm³/mol. The third-order valence-electron chi connectivity index (χ3n) is 3.86. The van der Waals surface area contributed by atoms with E-state index in [4.69, 9.17) is 16.3 Å². The number of halogens is 2. The Morgan fingerprint density at radius 1 is 1.24 bits per heavy atom. The van der Waals surface area contributed by atoms with E-state index in [1.165, 1.54) is 30.3 Å². The Bertz CT molecular complexity index is 994. The highest BCUT2D eigenvalue weighted by atomic mass is 35.5.